The fourth-order valence-electron chi connectivity index (χ4n) is 0.812. The molecule has 0 radical (unpaired) electrons. The van der Waals surface area contributed by atoms with Crippen LogP contribution in [-0.4, -0.2) is 30.7 Å². The van der Waals surface area contributed by atoms with Crippen LogP contribution in [0.2, 0.25) is 0 Å². The number of nitrogens with one attached hydrogen (secondary N) is 1. The van der Waals surface area contributed by atoms with Crippen molar-refractivity contribution >= 4 is 21.9 Å². The third kappa shape index (κ3) is 2.48. The maximum Gasteiger partial charge on any atom is 0.524 e. The third-order valence-corrected chi connectivity index (χ3v) is 2.43. The minimum absolute atomic E-state index is 0.0727. The summed E-state index contributed by atoms with van der Waals surface area (Å²) in [6.07, 6.45) is -0.442. The summed E-state index contributed by atoms with van der Waals surface area (Å²) in [7, 11) is -5.89. The first kappa shape index (κ1) is 12.9. The van der Waals surface area contributed by atoms with Crippen molar-refractivity contribution in [1.29, 1.82) is 0 Å². The van der Waals surface area contributed by atoms with Gasteiger partial charge in [0.05, 0.1) is 0 Å². The van der Waals surface area contributed by atoms with Gasteiger partial charge in [-0.25, -0.2) is 0 Å². The van der Waals surface area contributed by atoms with Crippen LogP contribution in [0.5, 0.6) is 0 Å². The molecule has 0 aliphatic carbocycles. The van der Waals surface area contributed by atoms with Crippen molar-refractivity contribution in [3.05, 3.63) is 0 Å². The van der Waals surface area contributed by atoms with Gasteiger partial charge in [0.2, 0.25) is 11.8 Å². The van der Waals surface area contributed by atoms with E-state index in [4.69, 9.17) is 0 Å². The Kier molecular flexibility index (Phi) is 3.21. The van der Waals surface area contributed by atoms with Crippen LogP contribution < -0.4 is 5.59 Å². The van der Waals surface area contributed by atoms with E-state index in [1.54, 1.807) is 0 Å². The summed E-state index contributed by atoms with van der Waals surface area (Å²) in [5, 5.41) is 0.0727. The molecule has 1 aliphatic rings. The molecule has 0 atom stereocenters. The number of imide groups is 1. The Morgan fingerprint density at radius 3 is 2.00 bits per heavy atom. The van der Waals surface area contributed by atoms with Gasteiger partial charge in [-0.3, -0.25) is 9.59 Å². The van der Waals surface area contributed by atoms with Gasteiger partial charge < -0.3 is 0 Å². The molecule has 1 aliphatic heterocycles. The number of hydrogen-bond acceptors (Lipinski definition) is 6. The topological polar surface area (TPSA) is 92.8 Å². The van der Waals surface area contributed by atoms with Gasteiger partial charge in [-0.1, -0.05) is 5.59 Å². The predicted octanol–water partition coefficient (Wildman–Crippen LogP) is -0.579. The third-order valence-electron chi connectivity index (χ3n) is 1.57. The monoisotopic (exact) mass is 262 g/mol. The van der Waals surface area contributed by atoms with E-state index in [0.29, 0.717) is 0 Å². The first-order valence-corrected chi connectivity index (χ1v) is 5.17. The maximum atomic E-state index is 11.8. The van der Waals surface area contributed by atoms with Crippen LogP contribution in [0.15, 0.2) is 0 Å². The number of hydrazine groups is 1. The molecule has 7 nitrogen and oxygen atoms in total. The highest BCUT2D eigenvalue weighted by Crippen LogP contribution is 2.24. The quantitative estimate of drug-likeness (QED) is 0.415. The van der Waals surface area contributed by atoms with E-state index >= 15 is 0 Å². The molecule has 92 valence electrons. The van der Waals surface area contributed by atoms with Crippen LogP contribution in [0.1, 0.15) is 12.8 Å². The lowest BCUT2D eigenvalue weighted by atomic mass is 10.4. The summed E-state index contributed by atoms with van der Waals surface area (Å²) in [6, 6.07) is 0. The Bertz CT molecular complexity index is 400. The Hall–Kier alpha value is -1.20. The second kappa shape index (κ2) is 3.99. The fraction of sp³-hybridized carbons (Fsp3) is 0.600. The Labute approximate surface area is 87.2 Å². The number of halogens is 3. The molecule has 0 saturated carbocycles. The highest BCUT2D eigenvalue weighted by Gasteiger charge is 2.48. The van der Waals surface area contributed by atoms with Gasteiger partial charge in [0.15, 0.2) is 0 Å². The van der Waals surface area contributed by atoms with Gasteiger partial charge in [0.25, 0.3) is 0 Å². The van der Waals surface area contributed by atoms with Gasteiger partial charge in [-0.15, -0.1) is 0 Å². The average molecular weight is 262 g/mol. The Morgan fingerprint density at radius 1 is 1.19 bits per heavy atom. The van der Waals surface area contributed by atoms with Crippen LogP contribution in [0.25, 0.3) is 0 Å². The van der Waals surface area contributed by atoms with Gasteiger partial charge in [-0.2, -0.15) is 30.9 Å². The van der Waals surface area contributed by atoms with E-state index in [9.17, 15) is 31.2 Å². The van der Waals surface area contributed by atoms with Crippen molar-refractivity contribution in [2.24, 2.45) is 0 Å². The molecule has 1 rings (SSSR count). The Balaban J connectivity index is 2.65. The number of nitrogens with zero attached hydrogens (tertiary/aromatic N) is 1. The first-order valence-electron chi connectivity index (χ1n) is 3.76. The molecule has 11 heteroatoms. The molecule has 0 aromatic heterocycles. The smallest absolute Gasteiger partial charge is 0.273 e. The maximum absolute atomic E-state index is 11.8. The highest BCUT2D eigenvalue weighted by molar-refractivity contribution is 7.87. The van der Waals surface area contributed by atoms with Crippen LogP contribution >= 0.6 is 0 Å². The molecule has 0 aromatic carbocycles. The van der Waals surface area contributed by atoms with E-state index in [-0.39, 0.29) is 17.9 Å². The van der Waals surface area contributed by atoms with E-state index in [1.165, 1.54) is 0 Å². The Morgan fingerprint density at radius 2 is 1.62 bits per heavy atom. The number of rotatable bonds is 3. The summed E-state index contributed by atoms with van der Waals surface area (Å²) in [6.45, 7) is 0. The number of alkyl halides is 3. The van der Waals surface area contributed by atoms with E-state index in [1.807, 2.05) is 0 Å². The lowest BCUT2D eigenvalue weighted by molar-refractivity contribution is -0.151. The molecule has 0 spiro atoms. The van der Waals surface area contributed by atoms with Crippen molar-refractivity contribution in [3.8, 4) is 0 Å². The van der Waals surface area contributed by atoms with E-state index < -0.39 is 27.4 Å². The number of carbonyl (C=O) groups is 2. The summed E-state index contributed by atoms with van der Waals surface area (Å²) >= 11 is 0. The molecule has 0 aromatic rings. The van der Waals surface area contributed by atoms with Gasteiger partial charge in [0.1, 0.15) is 0 Å². The average Bonchev–Trinajstić information content (AvgIpc) is 2.42. The zero-order chi connectivity index (χ0) is 12.6. The van der Waals surface area contributed by atoms with Crippen LogP contribution in [0.4, 0.5) is 13.2 Å². The second-order valence-electron chi connectivity index (χ2n) is 2.70. The lowest BCUT2D eigenvalue weighted by Crippen LogP contribution is -2.45. The fourth-order valence-corrected chi connectivity index (χ4v) is 1.08. The zero-order valence-corrected chi connectivity index (χ0v) is 8.26. The molecule has 0 unspecified atom stereocenters. The molecule has 16 heavy (non-hydrogen) atoms. The minimum Gasteiger partial charge on any atom is -0.273 e. The van der Waals surface area contributed by atoms with Crippen molar-refractivity contribution < 1.29 is 35.5 Å². The van der Waals surface area contributed by atoms with Crippen LogP contribution in [-0.2, 0) is 24.0 Å². The standard InChI is InChI=1S/C5H5F3N2O5S/c6-5(7,8)16(13,14)15-9-10-3(11)1-2-4(10)12/h9H,1-2H2. The molecular formula is C5H5F3N2O5S. The molecule has 2 amide bonds. The highest BCUT2D eigenvalue weighted by atomic mass is 32.2. The number of carbonyl (C=O) groups excluding carboxylic acids is 2. The molecular weight excluding hydrogens is 257 g/mol. The van der Waals surface area contributed by atoms with Crippen molar-refractivity contribution in [2.45, 2.75) is 18.3 Å². The van der Waals surface area contributed by atoms with Crippen molar-refractivity contribution in [3.63, 3.8) is 0 Å². The van der Waals surface area contributed by atoms with Gasteiger partial charge >= 0.3 is 15.6 Å². The lowest BCUT2D eigenvalue weighted by Gasteiger charge is -2.14. The molecule has 1 fully saturated rings. The summed E-state index contributed by atoms with van der Waals surface area (Å²) in [5.74, 6) is -1.75. The minimum atomic E-state index is -5.89. The SMILES string of the molecule is O=C1CCC(=O)N1NOS(=O)(=O)C(F)(F)F. The van der Waals surface area contributed by atoms with Crippen molar-refractivity contribution in [2.75, 3.05) is 0 Å². The molecule has 1 N–H and O–H groups in total. The number of hydrogen-bond donors (Lipinski definition) is 1. The molecule has 1 heterocycles. The second-order valence-corrected chi connectivity index (χ2v) is 4.24. The largest absolute Gasteiger partial charge is 0.524 e. The van der Waals surface area contributed by atoms with Gasteiger partial charge in [-0.05, 0) is 0 Å². The van der Waals surface area contributed by atoms with Crippen LogP contribution in [0.3, 0.4) is 0 Å². The summed E-state index contributed by atoms with van der Waals surface area (Å²) < 4.78 is 59.3. The number of amides is 2. The molecule has 1 saturated heterocycles. The summed E-state index contributed by atoms with van der Waals surface area (Å²) in [5.41, 5.74) is -4.48. The van der Waals surface area contributed by atoms with E-state index in [0.717, 1.165) is 5.59 Å². The van der Waals surface area contributed by atoms with Crippen molar-refractivity contribution in [1.82, 2.24) is 10.6 Å². The summed E-state index contributed by atoms with van der Waals surface area (Å²) in [4.78, 5) is 21.7. The first-order chi connectivity index (χ1) is 7.15. The van der Waals surface area contributed by atoms with Gasteiger partial charge in [0, 0.05) is 12.8 Å². The normalized spacial score (nSPS) is 18.3. The predicted molar refractivity (Wildman–Crippen MR) is 40.3 cm³/mol. The molecule has 0 bridgehead atoms. The van der Waals surface area contributed by atoms with Crippen LogP contribution in [0, 0.1) is 0 Å². The van der Waals surface area contributed by atoms with E-state index in [2.05, 4.69) is 4.28 Å². The zero-order valence-electron chi connectivity index (χ0n) is 7.44.